The van der Waals surface area contributed by atoms with Crippen LogP contribution in [0.5, 0.6) is 0 Å². The number of nitrogens with one attached hydrogen (secondary N) is 2. The minimum Gasteiger partial charge on any atom is -0.354 e. The van der Waals surface area contributed by atoms with Crippen molar-refractivity contribution in [3.63, 3.8) is 0 Å². The number of hydrogen-bond acceptors (Lipinski definition) is 2. The summed E-state index contributed by atoms with van der Waals surface area (Å²) in [6.45, 7) is 41.6. The van der Waals surface area contributed by atoms with E-state index in [0.717, 1.165) is 103 Å². The van der Waals surface area contributed by atoms with Gasteiger partial charge in [0.25, 0.3) is 0 Å². The van der Waals surface area contributed by atoms with E-state index >= 15 is 0 Å². The predicted molar refractivity (Wildman–Crippen MR) is 424 cm³/mol. The molecule has 2 N–H and O–H groups in total. The average molecular weight is 1440 g/mol. The van der Waals surface area contributed by atoms with E-state index in [-0.39, 0.29) is 32.5 Å². The lowest BCUT2D eigenvalue weighted by Gasteiger charge is -2.26. The molecule has 0 spiro atoms. The van der Waals surface area contributed by atoms with E-state index in [9.17, 15) is 0 Å². The summed E-state index contributed by atoms with van der Waals surface area (Å²) in [7, 11) is 0. The largest absolute Gasteiger partial charge is 0.354 e. The summed E-state index contributed by atoms with van der Waals surface area (Å²) in [6, 6.07) is 61.2. The van der Waals surface area contributed by atoms with E-state index < -0.39 is 0 Å². The third-order valence-electron chi connectivity index (χ3n) is 20.3. The number of rotatable bonds is 4. The Morgan fingerprint density at radius 1 is 0.263 bits per heavy atom. The van der Waals surface area contributed by atoms with Gasteiger partial charge in [0.2, 0.25) is 0 Å². The van der Waals surface area contributed by atoms with Crippen LogP contribution in [-0.4, -0.2) is 19.9 Å². The maximum Gasteiger partial charge on any atom is 0.0891 e. The Kier molecular flexibility index (Phi) is 14.5. The number of H-pyrrole nitrogens is 2. The average Bonchev–Trinajstić information content (AvgIpc) is 1.63. The molecule has 4 nitrogen and oxygen atoms in total. The molecule has 13 aromatic rings. The van der Waals surface area contributed by atoms with Crippen LogP contribution in [0, 0.1) is 0 Å². The quantitative estimate of drug-likeness (QED) is 0.173. The SMILES string of the molecule is CC(C)(C)c1cc(-c2c3nc(c(-c4cc5ccc6cc(C(C)(C)C)cc7ccc(c4)c5c67)c4ccc([nH]4)c(-c4cc(C(C)(C)C)cc(C(C)(C)C)c4)c4nc(c(-c5cc6ccc7cc(C(C)(C)C)cc8ccc(c5)c6c78)c5ccc2[nH]5)C(Br)=C4Br)C(Br)=C3)cc(C(C)(C)C)c1. The van der Waals surface area contributed by atoms with Gasteiger partial charge in [0.05, 0.1) is 31.7 Å². The summed E-state index contributed by atoms with van der Waals surface area (Å²) in [4.78, 5) is 20.4. The van der Waals surface area contributed by atoms with Gasteiger partial charge in [0, 0.05) is 48.8 Å². The normalized spacial score (nSPS) is 14.0. The highest BCUT2D eigenvalue weighted by Gasteiger charge is 2.31. The van der Waals surface area contributed by atoms with Gasteiger partial charge in [-0.25, -0.2) is 9.97 Å². The lowest BCUT2D eigenvalue weighted by Crippen LogP contribution is -2.16. The molecule has 0 radical (unpaired) electrons. The fourth-order valence-electron chi connectivity index (χ4n) is 14.6. The Balaban J connectivity index is 1.12. The van der Waals surface area contributed by atoms with Crippen molar-refractivity contribution < 1.29 is 0 Å². The van der Waals surface area contributed by atoms with Crippen LogP contribution < -0.4 is 0 Å². The third kappa shape index (κ3) is 10.8. The van der Waals surface area contributed by atoms with Crippen molar-refractivity contribution in [1.29, 1.82) is 0 Å². The van der Waals surface area contributed by atoms with Crippen LogP contribution in [-0.2, 0) is 32.5 Å². The maximum absolute atomic E-state index is 6.03. The van der Waals surface area contributed by atoms with E-state index in [2.05, 4.69) is 346 Å². The second kappa shape index (κ2) is 21.7. The molecular weight excluding hydrogens is 1350 g/mol. The first-order valence-electron chi connectivity index (χ1n) is 33.6. The molecule has 8 bridgehead atoms. The van der Waals surface area contributed by atoms with Gasteiger partial charge in [-0.15, -0.1) is 0 Å². The van der Waals surface area contributed by atoms with Crippen LogP contribution in [0.2, 0.25) is 0 Å². The summed E-state index contributed by atoms with van der Waals surface area (Å²) in [5.41, 5.74) is 22.5. The molecule has 3 aromatic heterocycles. The summed E-state index contributed by atoms with van der Waals surface area (Å²) >= 11 is 12.9. The summed E-state index contributed by atoms with van der Waals surface area (Å²) < 4.78 is 2.64. The first kappa shape index (κ1) is 63.4. The molecule has 476 valence electrons. The van der Waals surface area contributed by atoms with Crippen molar-refractivity contribution in [1.82, 2.24) is 19.9 Å². The Morgan fingerprint density at radius 3 is 0.800 bits per heavy atom. The second-order valence-electron chi connectivity index (χ2n) is 33.4. The van der Waals surface area contributed by atoms with Crippen LogP contribution in [0.25, 0.3) is 151 Å². The number of benzene rings is 10. The topological polar surface area (TPSA) is 57.4 Å². The molecule has 10 aromatic carbocycles. The zero-order valence-electron chi connectivity index (χ0n) is 58.1. The van der Waals surface area contributed by atoms with Gasteiger partial charge in [-0.05, 0) is 255 Å². The van der Waals surface area contributed by atoms with Gasteiger partial charge in [0.15, 0.2) is 0 Å². The number of hydrogen-bond donors (Lipinski definition) is 2. The van der Waals surface area contributed by atoms with Crippen molar-refractivity contribution in [3.8, 4) is 44.5 Å². The van der Waals surface area contributed by atoms with E-state index in [4.69, 9.17) is 9.97 Å². The molecule has 0 fully saturated rings. The zero-order valence-corrected chi connectivity index (χ0v) is 62.9. The minimum absolute atomic E-state index is 0.00991. The lowest BCUT2D eigenvalue weighted by molar-refractivity contribution is 0.568. The highest BCUT2D eigenvalue weighted by molar-refractivity contribution is 9.18. The van der Waals surface area contributed by atoms with Crippen LogP contribution in [0.4, 0.5) is 0 Å². The minimum atomic E-state index is -0.158. The molecule has 15 rings (SSSR count). The highest BCUT2D eigenvalue weighted by Crippen LogP contribution is 2.51. The van der Waals surface area contributed by atoms with Gasteiger partial charge in [-0.1, -0.05) is 234 Å². The predicted octanol–water partition coefficient (Wildman–Crippen LogP) is 27.1. The number of fused-ring (bicyclic) bond motifs is 8. The molecule has 0 atom stereocenters. The van der Waals surface area contributed by atoms with Gasteiger partial charge < -0.3 is 9.97 Å². The fourth-order valence-corrected chi connectivity index (χ4v) is 16.1. The summed E-state index contributed by atoms with van der Waals surface area (Å²) in [5, 5.41) is 14.9. The van der Waals surface area contributed by atoms with Gasteiger partial charge in [0.1, 0.15) is 0 Å². The first-order chi connectivity index (χ1) is 44.5. The van der Waals surface area contributed by atoms with Crippen LogP contribution >= 0.6 is 47.8 Å². The number of halogens is 3. The number of nitrogens with zero attached hydrogens (tertiary/aromatic N) is 2. The van der Waals surface area contributed by atoms with E-state index in [1.54, 1.807) is 0 Å². The summed E-state index contributed by atoms with van der Waals surface area (Å²) in [5.74, 6) is 0. The van der Waals surface area contributed by atoms with Crippen LogP contribution in [0.3, 0.4) is 0 Å². The van der Waals surface area contributed by atoms with Crippen molar-refractivity contribution in [2.75, 3.05) is 0 Å². The van der Waals surface area contributed by atoms with E-state index in [1.807, 2.05) is 0 Å². The smallest absolute Gasteiger partial charge is 0.0891 e. The fraction of sp³-hybridized carbons (Fsp3) is 0.273. The Bertz CT molecular complexity index is 5480. The molecule has 2 aliphatic rings. The Morgan fingerprint density at radius 2 is 0.505 bits per heavy atom. The third-order valence-corrected chi connectivity index (χ3v) is 22.9. The van der Waals surface area contributed by atoms with Gasteiger partial charge in [-0.3, -0.25) is 0 Å². The lowest BCUT2D eigenvalue weighted by atomic mass is 9.78. The standard InChI is InChI=1S/C88H83Br3N4/c1-83(2,3)58-35-50-23-19-46-31-54(32-47-20-24-51(36-58)72(50)70(46)47)75-66-29-30-68(93-66)77(57-41-62(87(13,14)15)44-63(42-57)88(16,17)18)82-79(91)78(90)81(95-82)76(55-33-48-21-25-52-37-59(84(4,5)6)38-53-26-22-49(34-55)71(48)73(52)53)67-28-27-65(92-67)74(69-45-64(89)80(75)94-69)56-39-60(85(7,8)9)43-61(40-56)86(10,11)12/h19-45,92-93H,1-18H3. The Hall–Kier alpha value is -7.68. The Labute approximate surface area is 584 Å². The van der Waals surface area contributed by atoms with Crippen LogP contribution in [0.1, 0.15) is 181 Å². The van der Waals surface area contributed by atoms with Crippen molar-refractivity contribution >= 4 is 154 Å². The molecule has 0 unspecified atom stereocenters. The highest BCUT2D eigenvalue weighted by atomic mass is 79.9. The second-order valence-corrected chi connectivity index (χ2v) is 35.8. The van der Waals surface area contributed by atoms with Crippen molar-refractivity contribution in [3.05, 3.63) is 214 Å². The molecule has 7 heteroatoms. The maximum atomic E-state index is 6.03. The summed E-state index contributed by atoms with van der Waals surface area (Å²) in [6.07, 6.45) is 2.25. The van der Waals surface area contributed by atoms with Gasteiger partial charge >= 0.3 is 0 Å². The van der Waals surface area contributed by atoms with E-state index in [0.29, 0.717) is 0 Å². The monoisotopic (exact) mass is 1430 g/mol. The first-order valence-corrected chi connectivity index (χ1v) is 36.0. The van der Waals surface area contributed by atoms with Crippen molar-refractivity contribution in [2.24, 2.45) is 0 Å². The number of aromatic nitrogens is 4. The van der Waals surface area contributed by atoms with Gasteiger partial charge in [-0.2, -0.15) is 0 Å². The van der Waals surface area contributed by atoms with Crippen LogP contribution in [0.15, 0.2) is 158 Å². The molecule has 0 aliphatic carbocycles. The van der Waals surface area contributed by atoms with Crippen molar-refractivity contribution in [2.45, 2.75) is 157 Å². The molecule has 0 amide bonds. The number of aromatic amines is 2. The molecule has 2 aliphatic heterocycles. The molecule has 0 saturated carbocycles. The molecule has 95 heavy (non-hydrogen) atoms. The molecule has 0 saturated heterocycles. The molecule has 5 heterocycles. The molecular formula is C88H83Br3N4. The zero-order chi connectivity index (χ0) is 67.3. The van der Waals surface area contributed by atoms with E-state index in [1.165, 1.54) is 98.0 Å².